The Morgan fingerprint density at radius 2 is 2.12 bits per heavy atom. The minimum absolute atomic E-state index is 0.0210. The van der Waals surface area contributed by atoms with E-state index in [0.29, 0.717) is 29.2 Å². The van der Waals surface area contributed by atoms with Gasteiger partial charge in [0.25, 0.3) is 5.56 Å². The van der Waals surface area contributed by atoms with Crippen molar-refractivity contribution in [2.24, 2.45) is 12.8 Å². The predicted octanol–water partition coefficient (Wildman–Crippen LogP) is 0.162. The first-order valence-electron chi connectivity index (χ1n) is 10.4. The van der Waals surface area contributed by atoms with Crippen molar-refractivity contribution in [2.75, 3.05) is 18.0 Å². The van der Waals surface area contributed by atoms with Crippen LogP contribution in [-0.4, -0.2) is 42.8 Å². The largest absolute Gasteiger partial charge is 0.341 e. The fourth-order valence-corrected chi connectivity index (χ4v) is 4.06. The van der Waals surface area contributed by atoms with Gasteiger partial charge in [0, 0.05) is 32.4 Å². The maximum atomic E-state index is 13.5. The molecule has 1 aliphatic heterocycles. The van der Waals surface area contributed by atoms with Crippen molar-refractivity contribution in [3.05, 3.63) is 50.4 Å². The predicted molar refractivity (Wildman–Crippen MR) is 120 cm³/mol. The number of nitriles is 1. The van der Waals surface area contributed by atoms with Crippen LogP contribution in [-0.2, 0) is 20.1 Å². The molecule has 0 spiro atoms. The summed E-state index contributed by atoms with van der Waals surface area (Å²) in [6.45, 7) is 3.42. The number of anilines is 1. The van der Waals surface area contributed by atoms with E-state index >= 15 is 0 Å². The van der Waals surface area contributed by atoms with Gasteiger partial charge in [-0.2, -0.15) is 10.2 Å². The number of nitrogens with two attached hydrogens (primary N) is 1. The second-order valence-corrected chi connectivity index (χ2v) is 7.84. The Morgan fingerprint density at radius 1 is 1.31 bits per heavy atom. The van der Waals surface area contributed by atoms with Crippen LogP contribution in [0.5, 0.6) is 0 Å². The lowest BCUT2D eigenvalue weighted by Gasteiger charge is -2.31. The zero-order chi connectivity index (χ0) is 22.8. The van der Waals surface area contributed by atoms with E-state index in [1.165, 1.54) is 10.8 Å². The molecule has 0 unspecified atom stereocenters. The Hall–Kier alpha value is -3.89. The average molecular weight is 432 g/mol. The molecule has 3 aromatic rings. The molecule has 1 aliphatic rings. The monoisotopic (exact) mass is 432 g/mol. The molecule has 2 N–H and O–H groups in total. The number of pyridine rings is 1. The van der Waals surface area contributed by atoms with Crippen LogP contribution in [0.4, 0.5) is 5.95 Å². The number of hydrogen-bond acceptors (Lipinski definition) is 7. The molecule has 0 aromatic carbocycles. The average Bonchev–Trinajstić information content (AvgIpc) is 3.19. The lowest BCUT2D eigenvalue weighted by atomic mass is 10.1. The minimum Gasteiger partial charge on any atom is -0.341 e. The molecule has 4 rings (SSSR count). The third-order valence-electron chi connectivity index (χ3n) is 5.65. The Balaban J connectivity index is 1.92. The summed E-state index contributed by atoms with van der Waals surface area (Å²) < 4.78 is 4.31. The number of piperidine rings is 1. The first-order valence-corrected chi connectivity index (χ1v) is 10.4. The van der Waals surface area contributed by atoms with Crippen molar-refractivity contribution >= 4 is 17.1 Å². The molecule has 1 atom stereocenters. The van der Waals surface area contributed by atoms with E-state index in [1.807, 2.05) is 6.07 Å². The summed E-state index contributed by atoms with van der Waals surface area (Å²) in [5, 5.41) is 9.10. The van der Waals surface area contributed by atoms with Crippen molar-refractivity contribution in [1.29, 1.82) is 5.26 Å². The molecule has 0 amide bonds. The lowest BCUT2D eigenvalue weighted by molar-refractivity contribution is 0.496. The standard InChI is InChI=1S/C22H24N8O2/c1-3-4-10-29-18-19(26-21(29)28-9-5-6-16(24)14-28)27(2)22(32)30(20(18)31)13-15-7-8-25-17(11-15)12-23/h7-8,11,16H,5-6,9-10,13-14,24H2,1-2H3/t16-/m1/s1. The van der Waals surface area contributed by atoms with Crippen LogP contribution in [0.1, 0.15) is 31.0 Å². The van der Waals surface area contributed by atoms with E-state index in [1.54, 1.807) is 30.7 Å². The summed E-state index contributed by atoms with van der Waals surface area (Å²) in [7, 11) is 1.60. The van der Waals surface area contributed by atoms with Gasteiger partial charge in [0.2, 0.25) is 5.95 Å². The second-order valence-electron chi connectivity index (χ2n) is 7.84. The van der Waals surface area contributed by atoms with Gasteiger partial charge in [-0.05, 0) is 37.5 Å². The Kier molecular flexibility index (Phi) is 5.80. The lowest BCUT2D eigenvalue weighted by Crippen LogP contribution is -2.44. The van der Waals surface area contributed by atoms with E-state index in [-0.39, 0.29) is 24.8 Å². The van der Waals surface area contributed by atoms with E-state index < -0.39 is 11.2 Å². The molecule has 10 heteroatoms. The van der Waals surface area contributed by atoms with Crippen LogP contribution in [0.25, 0.3) is 11.2 Å². The summed E-state index contributed by atoms with van der Waals surface area (Å²) in [5.41, 5.74) is 6.73. The summed E-state index contributed by atoms with van der Waals surface area (Å²) in [6, 6.07) is 5.24. The first kappa shape index (κ1) is 21.3. The quantitative estimate of drug-likeness (QED) is 0.582. The minimum atomic E-state index is -0.481. The topological polar surface area (TPSA) is 128 Å². The van der Waals surface area contributed by atoms with Crippen LogP contribution in [0.15, 0.2) is 27.9 Å². The summed E-state index contributed by atoms with van der Waals surface area (Å²) >= 11 is 0. The van der Waals surface area contributed by atoms with Gasteiger partial charge in [0.1, 0.15) is 11.8 Å². The number of imidazole rings is 1. The van der Waals surface area contributed by atoms with Crippen molar-refractivity contribution in [3.8, 4) is 17.9 Å². The maximum absolute atomic E-state index is 13.5. The molecule has 0 bridgehead atoms. The van der Waals surface area contributed by atoms with E-state index in [0.717, 1.165) is 24.0 Å². The number of aromatic nitrogens is 5. The smallest absolute Gasteiger partial charge is 0.332 e. The number of aryl methyl sites for hydroxylation is 1. The van der Waals surface area contributed by atoms with Gasteiger partial charge < -0.3 is 10.6 Å². The van der Waals surface area contributed by atoms with Crippen LogP contribution in [0, 0.1) is 23.2 Å². The van der Waals surface area contributed by atoms with Crippen LogP contribution in [0.3, 0.4) is 0 Å². The molecule has 0 saturated carbocycles. The van der Waals surface area contributed by atoms with Gasteiger partial charge in [-0.1, -0.05) is 5.92 Å². The zero-order valence-corrected chi connectivity index (χ0v) is 18.1. The number of rotatable bonds is 4. The third-order valence-corrected chi connectivity index (χ3v) is 5.65. The highest BCUT2D eigenvalue weighted by molar-refractivity contribution is 5.75. The van der Waals surface area contributed by atoms with Crippen molar-refractivity contribution in [1.82, 2.24) is 23.7 Å². The first-order chi connectivity index (χ1) is 15.4. The van der Waals surface area contributed by atoms with Crippen molar-refractivity contribution in [3.63, 3.8) is 0 Å². The van der Waals surface area contributed by atoms with Crippen LogP contribution < -0.4 is 21.9 Å². The normalized spacial score (nSPS) is 15.9. The van der Waals surface area contributed by atoms with Gasteiger partial charge >= 0.3 is 5.69 Å². The zero-order valence-electron chi connectivity index (χ0n) is 18.1. The van der Waals surface area contributed by atoms with Gasteiger partial charge in [-0.15, -0.1) is 5.92 Å². The van der Waals surface area contributed by atoms with E-state index in [9.17, 15) is 9.59 Å². The molecule has 10 nitrogen and oxygen atoms in total. The molecule has 4 heterocycles. The molecule has 0 radical (unpaired) electrons. The molecule has 1 fully saturated rings. The van der Waals surface area contributed by atoms with Gasteiger partial charge in [-0.3, -0.25) is 18.5 Å². The number of nitrogens with zero attached hydrogens (tertiary/aromatic N) is 7. The highest BCUT2D eigenvalue weighted by Crippen LogP contribution is 2.22. The maximum Gasteiger partial charge on any atom is 0.332 e. The molecule has 1 saturated heterocycles. The molecule has 3 aromatic heterocycles. The number of hydrogen-bond donors (Lipinski definition) is 1. The van der Waals surface area contributed by atoms with Crippen LogP contribution >= 0.6 is 0 Å². The molecule has 164 valence electrons. The van der Waals surface area contributed by atoms with E-state index in [2.05, 4.69) is 26.7 Å². The second kappa shape index (κ2) is 8.69. The molecular formula is C22H24N8O2. The molecular weight excluding hydrogens is 408 g/mol. The summed E-state index contributed by atoms with van der Waals surface area (Å²) in [5.74, 6) is 6.48. The summed E-state index contributed by atoms with van der Waals surface area (Å²) in [6.07, 6.45) is 3.35. The number of fused-ring (bicyclic) bond motifs is 1. The van der Waals surface area contributed by atoms with Gasteiger partial charge in [-0.25, -0.2) is 9.78 Å². The van der Waals surface area contributed by atoms with Gasteiger partial charge in [0.15, 0.2) is 11.2 Å². The summed E-state index contributed by atoms with van der Waals surface area (Å²) in [4.78, 5) is 37.3. The van der Waals surface area contributed by atoms with Gasteiger partial charge in [0.05, 0.1) is 13.1 Å². The SMILES string of the molecule is CC#CCn1c(N2CCC[C@@H](N)C2)nc2c1c(=O)n(Cc1ccnc(C#N)c1)c(=O)n2C. The molecule has 0 aliphatic carbocycles. The van der Waals surface area contributed by atoms with Crippen molar-refractivity contribution in [2.45, 2.75) is 38.9 Å². The molecule has 32 heavy (non-hydrogen) atoms. The highest BCUT2D eigenvalue weighted by Gasteiger charge is 2.26. The fourth-order valence-electron chi connectivity index (χ4n) is 4.06. The Morgan fingerprint density at radius 3 is 2.84 bits per heavy atom. The van der Waals surface area contributed by atoms with Crippen LogP contribution in [0.2, 0.25) is 0 Å². The fraction of sp³-hybridized carbons (Fsp3) is 0.409. The van der Waals surface area contributed by atoms with Crippen molar-refractivity contribution < 1.29 is 0 Å². The highest BCUT2D eigenvalue weighted by atomic mass is 16.2. The third kappa shape index (κ3) is 3.77. The van der Waals surface area contributed by atoms with E-state index in [4.69, 9.17) is 11.0 Å². The Bertz CT molecular complexity index is 1400. The Labute approximate surface area is 184 Å².